The molecule has 0 amide bonds. The molecule has 0 spiro atoms. The number of carbonyl (C=O) groups is 3. The fraction of sp³-hybridized carbons (Fsp3) is 0.780. The van der Waals surface area contributed by atoms with Crippen LogP contribution in [0.5, 0.6) is 0 Å². The van der Waals surface area contributed by atoms with E-state index in [0.717, 1.165) is 89.9 Å². The Morgan fingerprint density at radius 2 is 0.554 bits per heavy atom. The minimum absolute atomic E-state index is 0.0801. The van der Waals surface area contributed by atoms with Crippen LogP contribution in [0.15, 0.2) is 60.8 Å². The lowest BCUT2D eigenvalue weighted by molar-refractivity contribution is -0.167. The lowest BCUT2D eigenvalue weighted by Gasteiger charge is -2.18. The van der Waals surface area contributed by atoms with Crippen LogP contribution in [0.3, 0.4) is 0 Å². The van der Waals surface area contributed by atoms with Gasteiger partial charge < -0.3 is 14.2 Å². The SMILES string of the molecule is CCCCC/C=C\C/C=C\C/C=C\CCCCCCCCC(=O)OC(COC(=O)CCCCCCCCC)COC(=O)CCCCCCCCCCC/C=C\C/C=C\CCCCCCC. The van der Waals surface area contributed by atoms with Crippen molar-refractivity contribution in [3.63, 3.8) is 0 Å². The molecule has 0 aromatic carbocycles. The van der Waals surface area contributed by atoms with Gasteiger partial charge in [-0.15, -0.1) is 0 Å². The Hall–Kier alpha value is -2.89. The maximum atomic E-state index is 12.8. The molecular weight excluding hydrogens is 805 g/mol. The van der Waals surface area contributed by atoms with Crippen molar-refractivity contribution in [3.05, 3.63) is 60.8 Å². The molecule has 0 rings (SSSR count). The Morgan fingerprint density at radius 3 is 0.892 bits per heavy atom. The van der Waals surface area contributed by atoms with Crippen molar-refractivity contribution < 1.29 is 28.6 Å². The normalized spacial score (nSPS) is 12.5. The van der Waals surface area contributed by atoms with Crippen LogP contribution in [-0.2, 0) is 28.6 Å². The Bertz CT molecular complexity index is 1180. The van der Waals surface area contributed by atoms with Crippen molar-refractivity contribution in [1.82, 2.24) is 0 Å². The second-order valence-electron chi connectivity index (χ2n) is 18.5. The molecular formula is C59H104O6. The van der Waals surface area contributed by atoms with E-state index >= 15 is 0 Å². The number of ether oxygens (including phenoxy) is 3. The molecule has 0 heterocycles. The third-order valence-electron chi connectivity index (χ3n) is 12.0. The number of rotatable bonds is 50. The fourth-order valence-electron chi connectivity index (χ4n) is 7.77. The molecule has 0 fully saturated rings. The van der Waals surface area contributed by atoms with Gasteiger partial charge >= 0.3 is 17.9 Å². The molecule has 0 saturated heterocycles. The topological polar surface area (TPSA) is 78.9 Å². The van der Waals surface area contributed by atoms with Gasteiger partial charge in [0.25, 0.3) is 0 Å². The summed E-state index contributed by atoms with van der Waals surface area (Å²) in [7, 11) is 0. The largest absolute Gasteiger partial charge is 0.462 e. The monoisotopic (exact) mass is 909 g/mol. The summed E-state index contributed by atoms with van der Waals surface area (Å²) < 4.78 is 16.8. The van der Waals surface area contributed by atoms with Gasteiger partial charge in [0, 0.05) is 19.3 Å². The molecule has 6 nitrogen and oxygen atoms in total. The Labute approximate surface area is 402 Å². The molecule has 376 valence electrons. The first-order chi connectivity index (χ1) is 32.0. The van der Waals surface area contributed by atoms with Crippen LogP contribution in [0, 0.1) is 0 Å². The van der Waals surface area contributed by atoms with E-state index in [2.05, 4.69) is 81.5 Å². The van der Waals surface area contributed by atoms with Gasteiger partial charge in [0.1, 0.15) is 13.2 Å². The lowest BCUT2D eigenvalue weighted by Crippen LogP contribution is -2.30. The van der Waals surface area contributed by atoms with Crippen LogP contribution in [0.1, 0.15) is 278 Å². The molecule has 0 aliphatic heterocycles. The third-order valence-corrected chi connectivity index (χ3v) is 12.0. The van der Waals surface area contributed by atoms with Crippen LogP contribution in [0.2, 0.25) is 0 Å². The zero-order valence-electron chi connectivity index (χ0n) is 43.0. The summed E-state index contributed by atoms with van der Waals surface area (Å²) in [5.74, 6) is -0.897. The highest BCUT2D eigenvalue weighted by Gasteiger charge is 2.19. The van der Waals surface area contributed by atoms with E-state index in [-0.39, 0.29) is 31.1 Å². The highest BCUT2D eigenvalue weighted by molar-refractivity contribution is 5.71. The molecule has 6 heteroatoms. The molecule has 1 unspecified atom stereocenters. The minimum atomic E-state index is -0.780. The fourth-order valence-corrected chi connectivity index (χ4v) is 7.77. The maximum absolute atomic E-state index is 12.8. The molecule has 0 aliphatic carbocycles. The summed E-state index contributed by atoms with van der Waals surface area (Å²) in [5, 5.41) is 0. The highest BCUT2D eigenvalue weighted by atomic mass is 16.6. The first-order valence-electron chi connectivity index (χ1n) is 27.8. The van der Waals surface area contributed by atoms with E-state index < -0.39 is 6.10 Å². The van der Waals surface area contributed by atoms with E-state index in [1.165, 1.54) is 148 Å². The first-order valence-corrected chi connectivity index (χ1v) is 27.8. The third kappa shape index (κ3) is 51.9. The average Bonchev–Trinajstić information content (AvgIpc) is 3.30. The van der Waals surface area contributed by atoms with Crippen LogP contribution >= 0.6 is 0 Å². The van der Waals surface area contributed by atoms with E-state index in [0.29, 0.717) is 19.3 Å². The Kier molecular flexibility index (Phi) is 51.3. The number of carbonyl (C=O) groups excluding carboxylic acids is 3. The summed E-state index contributed by atoms with van der Waals surface area (Å²) in [5.41, 5.74) is 0. The molecule has 0 N–H and O–H groups in total. The van der Waals surface area contributed by atoms with Crippen molar-refractivity contribution in [1.29, 1.82) is 0 Å². The van der Waals surface area contributed by atoms with Gasteiger partial charge in [0.15, 0.2) is 6.10 Å². The van der Waals surface area contributed by atoms with Crippen molar-refractivity contribution >= 4 is 17.9 Å². The van der Waals surface area contributed by atoms with Gasteiger partial charge in [0.05, 0.1) is 0 Å². The molecule has 0 radical (unpaired) electrons. The van der Waals surface area contributed by atoms with Gasteiger partial charge in [-0.05, 0) is 89.9 Å². The van der Waals surface area contributed by atoms with Crippen molar-refractivity contribution in [2.75, 3.05) is 13.2 Å². The summed E-state index contributed by atoms with van der Waals surface area (Å²) in [4.78, 5) is 37.9. The van der Waals surface area contributed by atoms with Gasteiger partial charge in [0.2, 0.25) is 0 Å². The molecule has 0 aromatic heterocycles. The van der Waals surface area contributed by atoms with E-state index in [1.807, 2.05) is 0 Å². The molecule has 1 atom stereocenters. The van der Waals surface area contributed by atoms with Crippen molar-refractivity contribution in [2.24, 2.45) is 0 Å². The number of hydrogen-bond donors (Lipinski definition) is 0. The van der Waals surface area contributed by atoms with Gasteiger partial charge in [-0.1, -0.05) is 229 Å². The van der Waals surface area contributed by atoms with Crippen molar-refractivity contribution in [3.8, 4) is 0 Å². The molecule has 65 heavy (non-hydrogen) atoms. The van der Waals surface area contributed by atoms with Crippen LogP contribution in [-0.4, -0.2) is 37.2 Å². The molecule has 0 saturated carbocycles. The van der Waals surface area contributed by atoms with Gasteiger partial charge in [-0.2, -0.15) is 0 Å². The van der Waals surface area contributed by atoms with E-state index in [1.54, 1.807) is 0 Å². The first kappa shape index (κ1) is 62.1. The average molecular weight is 909 g/mol. The maximum Gasteiger partial charge on any atom is 0.306 e. The summed E-state index contributed by atoms with van der Waals surface area (Å²) in [6, 6.07) is 0. The van der Waals surface area contributed by atoms with E-state index in [4.69, 9.17) is 14.2 Å². The number of allylic oxidation sites excluding steroid dienone is 10. The van der Waals surface area contributed by atoms with Crippen LogP contribution < -0.4 is 0 Å². The predicted octanol–water partition coefficient (Wildman–Crippen LogP) is 18.4. The van der Waals surface area contributed by atoms with Crippen LogP contribution in [0.25, 0.3) is 0 Å². The lowest BCUT2D eigenvalue weighted by atomic mass is 10.1. The number of unbranched alkanes of at least 4 members (excludes halogenated alkanes) is 29. The Balaban J connectivity index is 4.24. The zero-order valence-corrected chi connectivity index (χ0v) is 43.0. The standard InChI is InChI=1S/C59H104O6/c1-4-7-10-13-16-18-20-22-24-26-28-29-31-32-34-36-38-40-43-46-49-52-58(61)64-55-56(54-63-57(60)51-48-45-42-15-12-9-6-3)65-59(62)53-50-47-44-41-39-37-35-33-30-27-25-23-21-19-17-14-11-8-5-2/h17,19-20,22-23,25-26,28,30,33,56H,4-16,18,21,24,27,29,31-32,34-55H2,1-3H3/b19-17-,22-20-,25-23-,28-26-,33-30-. The summed E-state index contributed by atoms with van der Waals surface area (Å²) >= 11 is 0. The van der Waals surface area contributed by atoms with Gasteiger partial charge in [-0.25, -0.2) is 0 Å². The smallest absolute Gasteiger partial charge is 0.306 e. The molecule has 0 aromatic rings. The number of hydrogen-bond acceptors (Lipinski definition) is 6. The molecule has 0 bridgehead atoms. The Morgan fingerprint density at radius 1 is 0.308 bits per heavy atom. The van der Waals surface area contributed by atoms with E-state index in [9.17, 15) is 14.4 Å². The second kappa shape index (κ2) is 53.7. The summed E-state index contributed by atoms with van der Waals surface area (Å²) in [6.07, 6.45) is 66.5. The van der Waals surface area contributed by atoms with Gasteiger partial charge in [-0.3, -0.25) is 14.4 Å². The quantitative estimate of drug-likeness (QED) is 0.0262. The second-order valence-corrected chi connectivity index (χ2v) is 18.5. The van der Waals surface area contributed by atoms with Crippen LogP contribution in [0.4, 0.5) is 0 Å². The number of esters is 3. The summed E-state index contributed by atoms with van der Waals surface area (Å²) in [6.45, 7) is 6.56. The zero-order chi connectivity index (χ0) is 47.2. The highest BCUT2D eigenvalue weighted by Crippen LogP contribution is 2.15. The van der Waals surface area contributed by atoms with Crippen molar-refractivity contribution in [2.45, 2.75) is 284 Å². The molecule has 0 aliphatic rings. The minimum Gasteiger partial charge on any atom is -0.462 e. The predicted molar refractivity (Wildman–Crippen MR) is 279 cm³/mol.